The minimum absolute atomic E-state index is 0.509. The van der Waals surface area contributed by atoms with Gasteiger partial charge in [-0.05, 0) is 57.5 Å². The molecular formula is C17H34N4. The third kappa shape index (κ3) is 4.60. The van der Waals surface area contributed by atoms with Crippen molar-refractivity contribution in [1.82, 2.24) is 15.5 Å². The molecule has 0 aromatic heterocycles. The van der Waals surface area contributed by atoms with Gasteiger partial charge in [0.1, 0.15) is 0 Å². The Morgan fingerprint density at radius 1 is 1.24 bits per heavy atom. The molecule has 0 aromatic carbocycles. The first-order chi connectivity index (χ1) is 10.1. The first kappa shape index (κ1) is 16.6. The van der Waals surface area contributed by atoms with Gasteiger partial charge in [-0.3, -0.25) is 4.99 Å². The van der Waals surface area contributed by atoms with E-state index in [9.17, 15) is 0 Å². The fraction of sp³-hybridized carbons (Fsp3) is 0.941. The van der Waals surface area contributed by atoms with E-state index in [1.54, 1.807) is 0 Å². The van der Waals surface area contributed by atoms with E-state index in [0.717, 1.165) is 25.0 Å². The minimum atomic E-state index is 0.509. The highest BCUT2D eigenvalue weighted by molar-refractivity contribution is 5.79. The molecule has 4 nitrogen and oxygen atoms in total. The predicted octanol–water partition coefficient (Wildman–Crippen LogP) is 2.46. The summed E-state index contributed by atoms with van der Waals surface area (Å²) in [6, 6.07) is 0.634. The summed E-state index contributed by atoms with van der Waals surface area (Å²) >= 11 is 0. The number of aliphatic imine (C=N–C) groups is 1. The normalized spacial score (nSPS) is 23.4. The molecule has 0 radical (unpaired) electrons. The summed E-state index contributed by atoms with van der Waals surface area (Å²) in [5.41, 5.74) is 0.509. The zero-order chi connectivity index (χ0) is 15.3. The fourth-order valence-electron chi connectivity index (χ4n) is 3.73. The van der Waals surface area contributed by atoms with Gasteiger partial charge < -0.3 is 15.5 Å². The highest BCUT2D eigenvalue weighted by Crippen LogP contribution is 2.40. The van der Waals surface area contributed by atoms with Crippen molar-refractivity contribution in [2.45, 2.75) is 57.9 Å². The third-order valence-electron chi connectivity index (χ3n) is 5.58. The van der Waals surface area contributed by atoms with E-state index in [4.69, 9.17) is 0 Å². The Bertz CT molecular complexity index is 339. The summed E-state index contributed by atoms with van der Waals surface area (Å²) in [5.74, 6) is 1.85. The van der Waals surface area contributed by atoms with Crippen molar-refractivity contribution in [3.63, 3.8) is 0 Å². The molecule has 0 heterocycles. The van der Waals surface area contributed by atoms with Crippen molar-refractivity contribution >= 4 is 5.96 Å². The Kier molecular flexibility index (Phi) is 5.91. The van der Waals surface area contributed by atoms with E-state index in [1.807, 2.05) is 7.05 Å². The maximum absolute atomic E-state index is 4.40. The van der Waals surface area contributed by atoms with Crippen LogP contribution in [0.4, 0.5) is 0 Å². The summed E-state index contributed by atoms with van der Waals surface area (Å²) in [5, 5.41) is 7.11. The first-order valence-corrected chi connectivity index (χ1v) is 8.71. The molecular weight excluding hydrogens is 260 g/mol. The van der Waals surface area contributed by atoms with Crippen LogP contribution in [0.25, 0.3) is 0 Å². The molecule has 1 atom stereocenters. The van der Waals surface area contributed by atoms with Crippen LogP contribution in [0.5, 0.6) is 0 Å². The number of hydrogen-bond acceptors (Lipinski definition) is 2. The monoisotopic (exact) mass is 294 g/mol. The van der Waals surface area contributed by atoms with Gasteiger partial charge in [-0.15, -0.1) is 0 Å². The van der Waals surface area contributed by atoms with Crippen molar-refractivity contribution < 1.29 is 0 Å². The molecule has 0 spiro atoms. The highest BCUT2D eigenvalue weighted by atomic mass is 15.2. The number of hydrogen-bond donors (Lipinski definition) is 2. The molecule has 2 rings (SSSR count). The van der Waals surface area contributed by atoms with Crippen LogP contribution in [0, 0.1) is 11.3 Å². The highest BCUT2D eigenvalue weighted by Gasteiger charge is 2.33. The van der Waals surface area contributed by atoms with E-state index in [1.165, 1.54) is 44.9 Å². The molecule has 2 aliphatic rings. The van der Waals surface area contributed by atoms with Gasteiger partial charge >= 0.3 is 0 Å². The van der Waals surface area contributed by atoms with E-state index >= 15 is 0 Å². The van der Waals surface area contributed by atoms with Gasteiger partial charge in [0, 0.05) is 26.2 Å². The van der Waals surface area contributed by atoms with Crippen molar-refractivity contribution in [3.8, 4) is 0 Å². The summed E-state index contributed by atoms with van der Waals surface area (Å²) in [6.07, 6.45) is 9.58. The molecule has 2 aliphatic carbocycles. The van der Waals surface area contributed by atoms with E-state index in [-0.39, 0.29) is 0 Å². The molecule has 0 aromatic rings. The van der Waals surface area contributed by atoms with Gasteiger partial charge in [-0.25, -0.2) is 0 Å². The van der Waals surface area contributed by atoms with Crippen molar-refractivity contribution in [2.75, 3.05) is 34.2 Å². The maximum Gasteiger partial charge on any atom is 0.191 e. The molecule has 122 valence electrons. The number of nitrogens with one attached hydrogen (secondary N) is 2. The van der Waals surface area contributed by atoms with Crippen LogP contribution in [0.2, 0.25) is 0 Å². The Balaban J connectivity index is 1.77. The molecule has 0 bridgehead atoms. The van der Waals surface area contributed by atoms with Crippen LogP contribution in [0.1, 0.15) is 51.9 Å². The van der Waals surface area contributed by atoms with Gasteiger partial charge in [-0.1, -0.05) is 19.8 Å². The summed E-state index contributed by atoms with van der Waals surface area (Å²) in [6.45, 7) is 4.40. The quantitative estimate of drug-likeness (QED) is 0.560. The topological polar surface area (TPSA) is 39.7 Å². The Morgan fingerprint density at radius 3 is 2.38 bits per heavy atom. The van der Waals surface area contributed by atoms with Crippen LogP contribution in [0.15, 0.2) is 4.99 Å². The second kappa shape index (κ2) is 7.48. The lowest BCUT2D eigenvalue weighted by Crippen LogP contribution is -2.48. The van der Waals surface area contributed by atoms with Gasteiger partial charge in [-0.2, -0.15) is 0 Å². The molecule has 0 saturated heterocycles. The fourth-order valence-corrected chi connectivity index (χ4v) is 3.73. The minimum Gasteiger partial charge on any atom is -0.356 e. The molecule has 2 fully saturated rings. The Labute approximate surface area is 130 Å². The standard InChI is InChI=1S/C17H34N4/c1-5-17(10-6-7-11-17)13-20-16(18-2)19-12-15(21(3)4)14-8-9-14/h14-15H,5-13H2,1-4H3,(H2,18,19,20). The van der Waals surface area contributed by atoms with Crippen LogP contribution < -0.4 is 10.6 Å². The first-order valence-electron chi connectivity index (χ1n) is 8.71. The van der Waals surface area contributed by atoms with Gasteiger partial charge in [0.2, 0.25) is 0 Å². The maximum atomic E-state index is 4.40. The van der Waals surface area contributed by atoms with E-state index in [0.29, 0.717) is 11.5 Å². The Hall–Kier alpha value is -0.770. The molecule has 4 heteroatoms. The SMILES string of the molecule is CCC1(CNC(=NC)NCC(C2CC2)N(C)C)CCCC1. The lowest BCUT2D eigenvalue weighted by molar-refractivity contribution is 0.261. The summed E-state index contributed by atoms with van der Waals surface area (Å²) in [7, 11) is 6.25. The van der Waals surface area contributed by atoms with Crippen molar-refractivity contribution in [3.05, 3.63) is 0 Å². The second-order valence-corrected chi connectivity index (χ2v) is 7.24. The van der Waals surface area contributed by atoms with Gasteiger partial charge in [0.05, 0.1) is 0 Å². The van der Waals surface area contributed by atoms with Crippen LogP contribution in [-0.4, -0.2) is 51.1 Å². The number of nitrogens with zero attached hydrogens (tertiary/aromatic N) is 2. The second-order valence-electron chi connectivity index (χ2n) is 7.24. The molecule has 0 amide bonds. The third-order valence-corrected chi connectivity index (χ3v) is 5.58. The van der Waals surface area contributed by atoms with Crippen LogP contribution >= 0.6 is 0 Å². The summed E-state index contributed by atoms with van der Waals surface area (Å²) in [4.78, 5) is 6.75. The van der Waals surface area contributed by atoms with Crippen molar-refractivity contribution in [2.24, 2.45) is 16.3 Å². The molecule has 2 N–H and O–H groups in total. The smallest absolute Gasteiger partial charge is 0.191 e. The largest absolute Gasteiger partial charge is 0.356 e. The average molecular weight is 294 g/mol. The Morgan fingerprint density at radius 2 is 1.90 bits per heavy atom. The zero-order valence-corrected chi connectivity index (χ0v) is 14.4. The molecule has 2 saturated carbocycles. The summed E-state index contributed by atoms with van der Waals surface area (Å²) < 4.78 is 0. The molecule has 0 aliphatic heterocycles. The van der Waals surface area contributed by atoms with Crippen LogP contribution in [0.3, 0.4) is 0 Å². The number of rotatable bonds is 7. The van der Waals surface area contributed by atoms with E-state index in [2.05, 4.69) is 41.5 Å². The van der Waals surface area contributed by atoms with Gasteiger partial charge in [0.15, 0.2) is 5.96 Å². The molecule has 1 unspecified atom stereocenters. The average Bonchev–Trinajstić information content (AvgIpc) is 3.20. The zero-order valence-electron chi connectivity index (χ0n) is 14.4. The van der Waals surface area contributed by atoms with Crippen LogP contribution in [-0.2, 0) is 0 Å². The molecule has 21 heavy (non-hydrogen) atoms. The van der Waals surface area contributed by atoms with Crippen molar-refractivity contribution in [1.29, 1.82) is 0 Å². The number of likely N-dealkylation sites (N-methyl/N-ethyl adjacent to an activating group) is 1. The van der Waals surface area contributed by atoms with E-state index < -0.39 is 0 Å². The predicted molar refractivity (Wildman–Crippen MR) is 90.8 cm³/mol. The number of guanidine groups is 1. The van der Waals surface area contributed by atoms with Gasteiger partial charge in [0.25, 0.3) is 0 Å². The lowest BCUT2D eigenvalue weighted by Gasteiger charge is -2.30. The lowest BCUT2D eigenvalue weighted by atomic mass is 9.83.